The number of carbonyl (C=O) groups is 1. The second-order valence-corrected chi connectivity index (χ2v) is 4.38. The molecule has 0 aliphatic carbocycles. The van der Waals surface area contributed by atoms with Crippen LogP contribution in [0.25, 0.3) is 0 Å². The van der Waals surface area contributed by atoms with Gasteiger partial charge in [-0.2, -0.15) is 0 Å². The van der Waals surface area contributed by atoms with Crippen molar-refractivity contribution >= 4 is 11.6 Å². The van der Waals surface area contributed by atoms with Crippen molar-refractivity contribution in [1.82, 2.24) is 4.98 Å². The van der Waals surface area contributed by atoms with Crippen LogP contribution in [0.1, 0.15) is 18.5 Å². The molecule has 1 aromatic rings. The van der Waals surface area contributed by atoms with Gasteiger partial charge in [0.25, 0.3) is 0 Å². The molecule has 0 bridgehead atoms. The molecule has 0 radical (unpaired) electrons. The van der Waals surface area contributed by atoms with Crippen molar-refractivity contribution < 1.29 is 4.79 Å². The van der Waals surface area contributed by atoms with Crippen molar-refractivity contribution in [3.63, 3.8) is 0 Å². The van der Waals surface area contributed by atoms with Gasteiger partial charge in [0.1, 0.15) is 0 Å². The third-order valence-electron chi connectivity index (χ3n) is 3.28. The third kappa shape index (κ3) is 2.74. The van der Waals surface area contributed by atoms with E-state index in [0.717, 1.165) is 37.3 Å². The van der Waals surface area contributed by atoms with Crippen molar-refractivity contribution in [2.24, 2.45) is 17.4 Å². The van der Waals surface area contributed by atoms with Crippen LogP contribution in [0.15, 0.2) is 18.3 Å². The van der Waals surface area contributed by atoms with Gasteiger partial charge in [0.05, 0.1) is 17.6 Å². The minimum absolute atomic E-state index is 0.0301. The lowest BCUT2D eigenvalue weighted by atomic mass is 9.96. The largest absolute Gasteiger partial charge is 0.370 e. The van der Waals surface area contributed by atoms with Crippen molar-refractivity contribution in [3.8, 4) is 0 Å². The van der Waals surface area contributed by atoms with Gasteiger partial charge in [-0.15, -0.1) is 0 Å². The first-order chi connectivity index (χ1) is 8.20. The SMILES string of the molecule is NCc1ccc(N2CCC(C(N)=O)CC2)cn1. The first-order valence-corrected chi connectivity index (χ1v) is 5.90. The number of nitrogens with two attached hydrogens (primary N) is 2. The number of rotatable bonds is 3. The fourth-order valence-electron chi connectivity index (χ4n) is 2.15. The van der Waals surface area contributed by atoms with Gasteiger partial charge in [-0.3, -0.25) is 9.78 Å². The Bertz CT molecular complexity index is 382. The lowest BCUT2D eigenvalue weighted by molar-refractivity contribution is -0.122. The summed E-state index contributed by atoms with van der Waals surface area (Å²) in [5.41, 5.74) is 12.8. The van der Waals surface area contributed by atoms with E-state index in [2.05, 4.69) is 9.88 Å². The first-order valence-electron chi connectivity index (χ1n) is 5.90. The molecule has 1 aliphatic rings. The number of amides is 1. The molecule has 1 amide bonds. The Morgan fingerprint density at radius 1 is 1.41 bits per heavy atom. The normalized spacial score (nSPS) is 17.1. The topological polar surface area (TPSA) is 85.2 Å². The number of pyridine rings is 1. The van der Waals surface area contributed by atoms with Gasteiger partial charge in [0.2, 0.25) is 5.91 Å². The highest BCUT2D eigenvalue weighted by molar-refractivity contribution is 5.77. The maximum absolute atomic E-state index is 11.1. The summed E-state index contributed by atoms with van der Waals surface area (Å²) < 4.78 is 0. The quantitative estimate of drug-likeness (QED) is 0.784. The number of nitrogens with zero attached hydrogens (tertiary/aromatic N) is 2. The molecule has 4 N–H and O–H groups in total. The predicted molar refractivity (Wildman–Crippen MR) is 66.3 cm³/mol. The van der Waals surface area contributed by atoms with Gasteiger partial charge in [0, 0.05) is 25.6 Å². The first kappa shape index (κ1) is 11.9. The van der Waals surface area contributed by atoms with E-state index < -0.39 is 0 Å². The summed E-state index contributed by atoms with van der Waals surface area (Å²) in [7, 11) is 0. The zero-order chi connectivity index (χ0) is 12.3. The monoisotopic (exact) mass is 234 g/mol. The van der Waals surface area contributed by atoms with E-state index >= 15 is 0 Å². The van der Waals surface area contributed by atoms with E-state index in [9.17, 15) is 4.79 Å². The summed E-state index contributed by atoms with van der Waals surface area (Å²) >= 11 is 0. The number of piperidine rings is 1. The molecule has 0 aromatic carbocycles. The van der Waals surface area contributed by atoms with Gasteiger partial charge >= 0.3 is 0 Å². The van der Waals surface area contributed by atoms with Crippen LogP contribution < -0.4 is 16.4 Å². The summed E-state index contributed by atoms with van der Waals surface area (Å²) in [5.74, 6) is -0.149. The molecule has 1 aliphatic heterocycles. The minimum atomic E-state index is -0.179. The van der Waals surface area contributed by atoms with Crippen molar-refractivity contribution in [3.05, 3.63) is 24.0 Å². The second-order valence-electron chi connectivity index (χ2n) is 4.38. The van der Waals surface area contributed by atoms with Gasteiger partial charge in [0.15, 0.2) is 0 Å². The van der Waals surface area contributed by atoms with Gasteiger partial charge < -0.3 is 16.4 Å². The van der Waals surface area contributed by atoms with Crippen LogP contribution in [0, 0.1) is 5.92 Å². The summed E-state index contributed by atoms with van der Waals surface area (Å²) in [6, 6.07) is 3.97. The zero-order valence-corrected chi connectivity index (χ0v) is 9.80. The number of aromatic nitrogens is 1. The molecule has 92 valence electrons. The van der Waals surface area contributed by atoms with Crippen LogP contribution in [0.5, 0.6) is 0 Å². The highest BCUT2D eigenvalue weighted by Crippen LogP contribution is 2.22. The van der Waals surface area contributed by atoms with E-state index in [1.54, 1.807) is 0 Å². The Morgan fingerprint density at radius 2 is 2.12 bits per heavy atom. The molecule has 5 nitrogen and oxygen atoms in total. The Morgan fingerprint density at radius 3 is 2.59 bits per heavy atom. The highest BCUT2D eigenvalue weighted by Gasteiger charge is 2.23. The lowest BCUT2D eigenvalue weighted by Crippen LogP contribution is -2.38. The van der Waals surface area contributed by atoms with E-state index in [-0.39, 0.29) is 11.8 Å². The van der Waals surface area contributed by atoms with Gasteiger partial charge in [-0.1, -0.05) is 0 Å². The van der Waals surface area contributed by atoms with E-state index in [1.165, 1.54) is 0 Å². The Hall–Kier alpha value is -1.62. The number of hydrogen-bond donors (Lipinski definition) is 2. The van der Waals surface area contributed by atoms with Crippen LogP contribution in [0.3, 0.4) is 0 Å². The average Bonchev–Trinajstić information content (AvgIpc) is 2.39. The highest BCUT2D eigenvalue weighted by atomic mass is 16.1. The molecular formula is C12H18N4O. The molecule has 2 heterocycles. The molecule has 1 saturated heterocycles. The average molecular weight is 234 g/mol. The molecule has 5 heteroatoms. The molecule has 0 saturated carbocycles. The molecular weight excluding hydrogens is 216 g/mol. The standard InChI is InChI=1S/C12H18N4O/c13-7-10-1-2-11(8-15-10)16-5-3-9(4-6-16)12(14)17/h1-2,8-9H,3-7,13H2,(H2,14,17). The minimum Gasteiger partial charge on any atom is -0.370 e. The molecule has 0 spiro atoms. The number of hydrogen-bond acceptors (Lipinski definition) is 4. The van der Waals surface area contributed by atoms with Gasteiger partial charge in [-0.25, -0.2) is 0 Å². The van der Waals surface area contributed by atoms with Crippen LogP contribution in [0.2, 0.25) is 0 Å². The second kappa shape index (κ2) is 5.14. The fraction of sp³-hybridized carbons (Fsp3) is 0.500. The molecule has 1 fully saturated rings. The maximum atomic E-state index is 11.1. The van der Waals surface area contributed by atoms with Gasteiger partial charge in [-0.05, 0) is 25.0 Å². The Balaban J connectivity index is 1.97. The summed E-state index contributed by atoms with van der Waals surface area (Å²) in [4.78, 5) is 17.6. The smallest absolute Gasteiger partial charge is 0.220 e. The van der Waals surface area contributed by atoms with Crippen molar-refractivity contribution in [2.75, 3.05) is 18.0 Å². The fourth-order valence-corrected chi connectivity index (χ4v) is 2.15. The predicted octanol–water partition coefficient (Wildman–Crippen LogP) is 0.242. The number of primary amides is 1. The van der Waals surface area contributed by atoms with Crippen LogP contribution in [-0.2, 0) is 11.3 Å². The zero-order valence-electron chi connectivity index (χ0n) is 9.80. The number of anilines is 1. The van der Waals surface area contributed by atoms with Crippen LogP contribution >= 0.6 is 0 Å². The molecule has 0 unspecified atom stereocenters. The lowest BCUT2D eigenvalue weighted by Gasteiger charge is -2.32. The summed E-state index contributed by atoms with van der Waals surface area (Å²) in [6.07, 6.45) is 3.49. The molecule has 0 atom stereocenters. The third-order valence-corrected chi connectivity index (χ3v) is 3.28. The molecule has 17 heavy (non-hydrogen) atoms. The van der Waals surface area contributed by atoms with Crippen molar-refractivity contribution in [2.45, 2.75) is 19.4 Å². The molecule has 2 rings (SSSR count). The Labute approximate surface area is 101 Å². The van der Waals surface area contributed by atoms with E-state index in [4.69, 9.17) is 11.5 Å². The Kier molecular flexibility index (Phi) is 3.58. The molecule has 1 aromatic heterocycles. The summed E-state index contributed by atoms with van der Waals surface area (Å²) in [5, 5.41) is 0. The maximum Gasteiger partial charge on any atom is 0.220 e. The van der Waals surface area contributed by atoms with Crippen molar-refractivity contribution in [1.29, 1.82) is 0 Å². The van der Waals surface area contributed by atoms with Crippen LogP contribution in [-0.4, -0.2) is 24.0 Å². The summed E-state index contributed by atoms with van der Waals surface area (Å²) in [6.45, 7) is 2.18. The van der Waals surface area contributed by atoms with E-state index in [1.807, 2.05) is 18.3 Å². The van der Waals surface area contributed by atoms with Crippen LogP contribution in [0.4, 0.5) is 5.69 Å². The number of carbonyl (C=O) groups excluding carboxylic acids is 1. The van der Waals surface area contributed by atoms with E-state index in [0.29, 0.717) is 6.54 Å².